The van der Waals surface area contributed by atoms with Crippen LogP contribution in [-0.2, 0) is 0 Å². The molecule has 2 N–H and O–H groups in total. The Labute approximate surface area is 91.7 Å². The number of pyridine rings is 1. The maximum atomic E-state index is 13.5. The van der Waals surface area contributed by atoms with Crippen molar-refractivity contribution in [1.29, 1.82) is 0 Å². The maximum absolute atomic E-state index is 13.5. The highest BCUT2D eigenvalue weighted by Gasteiger charge is 2.14. The second-order valence-corrected chi connectivity index (χ2v) is 3.28. The van der Waals surface area contributed by atoms with Gasteiger partial charge in [0.2, 0.25) is 5.78 Å². The van der Waals surface area contributed by atoms with Crippen molar-refractivity contribution >= 4 is 11.5 Å². The minimum atomic E-state index is -0.629. The van der Waals surface area contributed by atoms with Crippen LogP contribution in [0.1, 0.15) is 16.1 Å². The van der Waals surface area contributed by atoms with E-state index >= 15 is 0 Å². The van der Waals surface area contributed by atoms with E-state index in [1.165, 1.54) is 24.4 Å². The zero-order valence-corrected chi connectivity index (χ0v) is 8.35. The average Bonchev–Trinajstić information content (AvgIpc) is 2.29. The highest BCUT2D eigenvalue weighted by Crippen LogP contribution is 2.15. The Hall–Kier alpha value is -2.23. The topological polar surface area (TPSA) is 56.0 Å². The van der Waals surface area contributed by atoms with Gasteiger partial charge >= 0.3 is 0 Å². The average molecular weight is 216 g/mol. The highest BCUT2D eigenvalue weighted by molar-refractivity contribution is 6.07. The molecule has 0 saturated carbocycles. The SMILES string of the molecule is Nc1ccc(C(=O)c2ccccn2)c(F)c1. The summed E-state index contributed by atoms with van der Waals surface area (Å²) in [4.78, 5) is 15.7. The molecule has 0 fully saturated rings. The van der Waals surface area contributed by atoms with E-state index in [1.807, 2.05) is 0 Å². The van der Waals surface area contributed by atoms with Crippen molar-refractivity contribution in [2.75, 3.05) is 5.73 Å². The number of anilines is 1. The molecule has 1 aromatic carbocycles. The van der Waals surface area contributed by atoms with Gasteiger partial charge in [0.05, 0.1) is 5.56 Å². The van der Waals surface area contributed by atoms with Gasteiger partial charge in [0.15, 0.2) is 0 Å². The Bertz CT molecular complexity index is 526. The van der Waals surface area contributed by atoms with Crippen molar-refractivity contribution in [3.05, 3.63) is 59.7 Å². The van der Waals surface area contributed by atoms with Crippen LogP contribution in [0.5, 0.6) is 0 Å². The van der Waals surface area contributed by atoms with Crippen molar-refractivity contribution in [2.24, 2.45) is 0 Å². The van der Waals surface area contributed by atoms with E-state index in [0.29, 0.717) is 0 Å². The van der Waals surface area contributed by atoms with Gasteiger partial charge in [-0.05, 0) is 30.3 Å². The Morgan fingerprint density at radius 2 is 2.06 bits per heavy atom. The fourth-order valence-corrected chi connectivity index (χ4v) is 1.35. The number of carbonyl (C=O) groups excluding carboxylic acids is 1. The summed E-state index contributed by atoms with van der Waals surface area (Å²) in [5.74, 6) is -1.08. The van der Waals surface area contributed by atoms with Crippen LogP contribution in [0.25, 0.3) is 0 Å². The monoisotopic (exact) mass is 216 g/mol. The predicted octanol–water partition coefficient (Wildman–Crippen LogP) is 2.03. The highest BCUT2D eigenvalue weighted by atomic mass is 19.1. The molecule has 0 atom stereocenters. The van der Waals surface area contributed by atoms with Crippen LogP contribution in [0.4, 0.5) is 10.1 Å². The van der Waals surface area contributed by atoms with E-state index in [9.17, 15) is 9.18 Å². The van der Waals surface area contributed by atoms with Gasteiger partial charge < -0.3 is 5.73 Å². The van der Waals surface area contributed by atoms with E-state index in [2.05, 4.69) is 4.98 Å². The molecule has 2 rings (SSSR count). The van der Waals surface area contributed by atoms with Crippen LogP contribution in [0.2, 0.25) is 0 Å². The van der Waals surface area contributed by atoms with E-state index in [4.69, 9.17) is 5.73 Å². The zero-order chi connectivity index (χ0) is 11.5. The van der Waals surface area contributed by atoms with Crippen LogP contribution in [-0.4, -0.2) is 10.8 Å². The maximum Gasteiger partial charge on any atom is 0.214 e. The standard InChI is InChI=1S/C12H9FN2O/c13-10-7-8(14)4-5-9(10)12(16)11-3-1-2-6-15-11/h1-7H,14H2. The number of benzene rings is 1. The van der Waals surface area contributed by atoms with E-state index in [1.54, 1.807) is 12.1 Å². The molecule has 0 aliphatic carbocycles. The molecule has 0 unspecified atom stereocenters. The Kier molecular flexibility index (Phi) is 2.64. The summed E-state index contributed by atoms with van der Waals surface area (Å²) >= 11 is 0. The van der Waals surface area contributed by atoms with Gasteiger partial charge in [-0.1, -0.05) is 6.07 Å². The van der Waals surface area contributed by atoms with Crippen molar-refractivity contribution in [3.63, 3.8) is 0 Å². The first-order valence-electron chi connectivity index (χ1n) is 4.69. The summed E-state index contributed by atoms with van der Waals surface area (Å²) in [6.45, 7) is 0. The lowest BCUT2D eigenvalue weighted by Crippen LogP contribution is -2.06. The molecule has 0 amide bonds. The lowest BCUT2D eigenvalue weighted by atomic mass is 10.1. The lowest BCUT2D eigenvalue weighted by Gasteiger charge is -2.02. The number of halogens is 1. The molecular weight excluding hydrogens is 207 g/mol. The third-order valence-electron chi connectivity index (χ3n) is 2.14. The smallest absolute Gasteiger partial charge is 0.214 e. The lowest BCUT2D eigenvalue weighted by molar-refractivity contribution is 0.103. The number of nitrogen functional groups attached to an aromatic ring is 1. The molecule has 0 bridgehead atoms. The largest absolute Gasteiger partial charge is 0.399 e. The number of ketones is 1. The van der Waals surface area contributed by atoms with Crippen molar-refractivity contribution in [1.82, 2.24) is 4.98 Å². The Balaban J connectivity index is 2.42. The normalized spacial score (nSPS) is 10.1. The van der Waals surface area contributed by atoms with Crippen molar-refractivity contribution < 1.29 is 9.18 Å². The summed E-state index contributed by atoms with van der Waals surface area (Å²) < 4.78 is 13.5. The van der Waals surface area contributed by atoms with Gasteiger partial charge in [-0.2, -0.15) is 0 Å². The molecule has 0 aliphatic rings. The summed E-state index contributed by atoms with van der Waals surface area (Å²) in [5, 5.41) is 0. The third kappa shape index (κ3) is 1.91. The molecule has 0 aliphatic heterocycles. The van der Waals surface area contributed by atoms with Gasteiger partial charge in [-0.15, -0.1) is 0 Å². The minimum Gasteiger partial charge on any atom is -0.399 e. The van der Waals surface area contributed by atoms with E-state index in [-0.39, 0.29) is 16.9 Å². The Morgan fingerprint density at radius 3 is 2.69 bits per heavy atom. The molecule has 4 heteroatoms. The number of rotatable bonds is 2. The molecule has 1 aromatic heterocycles. The summed E-state index contributed by atoms with van der Waals surface area (Å²) in [6.07, 6.45) is 1.49. The molecule has 1 heterocycles. The number of nitrogens with zero attached hydrogens (tertiary/aromatic N) is 1. The van der Waals surface area contributed by atoms with Gasteiger partial charge in [-0.3, -0.25) is 9.78 Å². The molecular formula is C12H9FN2O. The summed E-state index contributed by atoms with van der Waals surface area (Å²) in [6, 6.07) is 8.88. The molecule has 80 valence electrons. The first-order valence-corrected chi connectivity index (χ1v) is 4.69. The number of nitrogens with two attached hydrogens (primary N) is 1. The fourth-order valence-electron chi connectivity index (χ4n) is 1.35. The molecule has 0 spiro atoms. The van der Waals surface area contributed by atoms with Crippen LogP contribution in [0.3, 0.4) is 0 Å². The number of carbonyl (C=O) groups is 1. The molecule has 3 nitrogen and oxygen atoms in total. The minimum absolute atomic E-state index is 0.0205. The van der Waals surface area contributed by atoms with Crippen molar-refractivity contribution in [3.8, 4) is 0 Å². The molecule has 16 heavy (non-hydrogen) atoms. The second-order valence-electron chi connectivity index (χ2n) is 3.28. The first kappa shape index (κ1) is 10.3. The summed E-state index contributed by atoms with van der Waals surface area (Å²) in [5.41, 5.74) is 5.88. The molecule has 2 aromatic rings. The van der Waals surface area contributed by atoms with E-state index < -0.39 is 11.6 Å². The van der Waals surface area contributed by atoms with Crippen molar-refractivity contribution in [2.45, 2.75) is 0 Å². The fraction of sp³-hybridized carbons (Fsp3) is 0. The van der Waals surface area contributed by atoms with Gasteiger partial charge in [0.1, 0.15) is 11.5 Å². The summed E-state index contributed by atoms with van der Waals surface area (Å²) in [7, 11) is 0. The van der Waals surface area contributed by atoms with Crippen LogP contribution in [0, 0.1) is 5.82 Å². The molecule has 0 radical (unpaired) electrons. The number of hydrogen-bond donors (Lipinski definition) is 1. The predicted molar refractivity (Wildman–Crippen MR) is 58.5 cm³/mol. The van der Waals surface area contributed by atoms with E-state index in [0.717, 1.165) is 6.07 Å². The van der Waals surface area contributed by atoms with Gasteiger partial charge in [-0.25, -0.2) is 4.39 Å². The molecule has 0 saturated heterocycles. The quantitative estimate of drug-likeness (QED) is 0.617. The number of aromatic nitrogens is 1. The second kappa shape index (κ2) is 4.10. The zero-order valence-electron chi connectivity index (χ0n) is 8.35. The third-order valence-corrected chi connectivity index (χ3v) is 2.14. The van der Waals surface area contributed by atoms with Gasteiger partial charge in [0.25, 0.3) is 0 Å². The Morgan fingerprint density at radius 1 is 1.25 bits per heavy atom. The first-order chi connectivity index (χ1) is 7.68. The van der Waals surface area contributed by atoms with Crippen LogP contribution < -0.4 is 5.73 Å². The number of hydrogen-bond acceptors (Lipinski definition) is 3. The van der Waals surface area contributed by atoms with Gasteiger partial charge in [0, 0.05) is 11.9 Å². The van der Waals surface area contributed by atoms with Crippen LogP contribution >= 0.6 is 0 Å². The van der Waals surface area contributed by atoms with Crippen LogP contribution in [0.15, 0.2) is 42.6 Å².